The topological polar surface area (TPSA) is 66.8 Å². The van der Waals surface area contributed by atoms with Crippen LogP contribution in [0, 0.1) is 0 Å². The van der Waals surface area contributed by atoms with Crippen molar-refractivity contribution >= 4 is 18.0 Å². The molecule has 1 unspecified atom stereocenters. The molecule has 0 aromatic heterocycles. The van der Waals surface area contributed by atoms with Crippen molar-refractivity contribution in [2.45, 2.75) is 25.3 Å². The Hall–Kier alpha value is -2.30. The average Bonchev–Trinajstić information content (AvgIpc) is 2.93. The normalized spacial score (nSPS) is 20.5. The van der Waals surface area contributed by atoms with Crippen molar-refractivity contribution < 1.29 is 19.4 Å². The van der Waals surface area contributed by atoms with Crippen LogP contribution >= 0.6 is 0 Å². The second-order valence-corrected chi connectivity index (χ2v) is 5.39. The van der Waals surface area contributed by atoms with E-state index >= 15 is 0 Å². The molecule has 0 saturated carbocycles. The largest absolute Gasteiger partial charge is 0.488 e. The maximum atomic E-state index is 12.6. The Kier molecular flexibility index (Phi) is 3.64. The lowest BCUT2D eigenvalue weighted by atomic mass is 10.1. The van der Waals surface area contributed by atoms with Crippen LogP contribution in [0.5, 0.6) is 5.75 Å². The quantitative estimate of drug-likeness (QED) is 0.922. The van der Waals surface area contributed by atoms with Gasteiger partial charge >= 0.3 is 5.97 Å². The van der Waals surface area contributed by atoms with E-state index in [1.807, 2.05) is 30.3 Å². The minimum atomic E-state index is -0.862. The predicted molar refractivity (Wildman–Crippen MR) is 76.9 cm³/mol. The number of carboxylic acids is 1. The molecule has 0 radical (unpaired) electrons. The zero-order chi connectivity index (χ0) is 14.8. The molecular formula is C16H17NO4. The number of fused-ring (bicyclic) bond motifs is 1. The summed E-state index contributed by atoms with van der Waals surface area (Å²) >= 11 is 0. The van der Waals surface area contributed by atoms with Gasteiger partial charge in [-0.2, -0.15) is 0 Å². The van der Waals surface area contributed by atoms with Crippen molar-refractivity contribution in [2.24, 2.45) is 0 Å². The van der Waals surface area contributed by atoms with Crippen molar-refractivity contribution in [2.75, 3.05) is 13.2 Å². The molecule has 2 heterocycles. The fourth-order valence-corrected chi connectivity index (χ4v) is 2.94. The monoisotopic (exact) mass is 287 g/mol. The SMILES string of the molecule is O=C(O)CC1CCCN1C(=O)C1=Cc2ccccc2OC1. The van der Waals surface area contributed by atoms with Gasteiger partial charge in [-0.15, -0.1) is 0 Å². The Labute approximate surface area is 122 Å². The number of aliphatic carboxylic acids is 1. The van der Waals surface area contributed by atoms with Gasteiger partial charge in [-0.25, -0.2) is 0 Å². The molecular weight excluding hydrogens is 270 g/mol. The summed E-state index contributed by atoms with van der Waals surface area (Å²) in [6.45, 7) is 0.863. The second kappa shape index (κ2) is 5.60. The molecule has 0 spiro atoms. The molecule has 1 fully saturated rings. The number of nitrogens with zero attached hydrogens (tertiary/aromatic N) is 1. The summed E-state index contributed by atoms with van der Waals surface area (Å²) in [5, 5.41) is 8.94. The summed E-state index contributed by atoms with van der Waals surface area (Å²) in [4.78, 5) is 25.2. The lowest BCUT2D eigenvalue weighted by Crippen LogP contribution is -2.39. The number of carbonyl (C=O) groups excluding carboxylic acids is 1. The Balaban J connectivity index is 1.79. The van der Waals surface area contributed by atoms with Crippen molar-refractivity contribution in [3.8, 4) is 5.75 Å². The van der Waals surface area contributed by atoms with E-state index in [1.165, 1.54) is 0 Å². The predicted octanol–water partition coefficient (Wildman–Crippen LogP) is 1.93. The van der Waals surface area contributed by atoms with Crippen molar-refractivity contribution in [3.05, 3.63) is 35.4 Å². The van der Waals surface area contributed by atoms with Gasteiger partial charge in [0.25, 0.3) is 5.91 Å². The van der Waals surface area contributed by atoms with Gasteiger partial charge in [-0.05, 0) is 25.0 Å². The van der Waals surface area contributed by atoms with Gasteiger partial charge in [-0.3, -0.25) is 9.59 Å². The third kappa shape index (κ3) is 2.77. The number of ether oxygens (including phenoxy) is 1. The molecule has 21 heavy (non-hydrogen) atoms. The van der Waals surface area contributed by atoms with Crippen LogP contribution in [0.25, 0.3) is 6.08 Å². The summed E-state index contributed by atoms with van der Waals surface area (Å²) in [6, 6.07) is 7.36. The standard InChI is InChI=1S/C16H17NO4/c18-15(19)9-13-5-3-7-17(13)16(20)12-8-11-4-1-2-6-14(11)21-10-12/h1-2,4,6,8,13H,3,5,7,9-10H2,(H,18,19). The van der Waals surface area contributed by atoms with Crippen LogP contribution in [0.15, 0.2) is 29.8 Å². The Morgan fingerprint density at radius 2 is 2.14 bits per heavy atom. The van der Waals surface area contributed by atoms with Crippen LogP contribution in [0.2, 0.25) is 0 Å². The molecule has 0 aliphatic carbocycles. The first-order valence-electron chi connectivity index (χ1n) is 7.10. The lowest BCUT2D eigenvalue weighted by Gasteiger charge is -2.26. The van der Waals surface area contributed by atoms with Crippen LogP contribution in [0.1, 0.15) is 24.8 Å². The summed E-state index contributed by atoms with van der Waals surface area (Å²) in [5.41, 5.74) is 1.48. The van der Waals surface area contributed by atoms with Crippen LogP contribution < -0.4 is 4.74 Å². The molecule has 1 amide bonds. The van der Waals surface area contributed by atoms with Gasteiger partial charge < -0.3 is 14.7 Å². The first-order valence-corrected chi connectivity index (χ1v) is 7.10. The molecule has 3 rings (SSSR count). The molecule has 5 nitrogen and oxygen atoms in total. The van der Waals surface area contributed by atoms with Crippen LogP contribution in [-0.2, 0) is 9.59 Å². The molecule has 0 bridgehead atoms. The fourth-order valence-electron chi connectivity index (χ4n) is 2.94. The van der Waals surface area contributed by atoms with Gasteiger partial charge in [0.05, 0.1) is 12.0 Å². The summed E-state index contributed by atoms with van der Waals surface area (Å²) in [6.07, 6.45) is 3.46. The van der Waals surface area contributed by atoms with Gasteiger partial charge in [0.2, 0.25) is 0 Å². The van der Waals surface area contributed by atoms with Gasteiger partial charge in [0.15, 0.2) is 0 Å². The summed E-state index contributed by atoms with van der Waals surface area (Å²) in [5.74, 6) is -0.190. The Morgan fingerprint density at radius 1 is 1.33 bits per heavy atom. The first kappa shape index (κ1) is 13.7. The van der Waals surface area contributed by atoms with E-state index in [-0.39, 0.29) is 25.0 Å². The van der Waals surface area contributed by atoms with Crippen LogP contribution in [0.4, 0.5) is 0 Å². The number of amides is 1. The maximum absolute atomic E-state index is 12.6. The molecule has 1 aromatic rings. The maximum Gasteiger partial charge on any atom is 0.305 e. The zero-order valence-corrected chi connectivity index (χ0v) is 11.6. The number of hydrogen-bond donors (Lipinski definition) is 1. The van der Waals surface area contributed by atoms with Gasteiger partial charge in [0, 0.05) is 18.2 Å². The number of para-hydroxylation sites is 1. The van der Waals surface area contributed by atoms with E-state index in [0.717, 1.165) is 24.2 Å². The fraction of sp³-hybridized carbons (Fsp3) is 0.375. The Morgan fingerprint density at radius 3 is 2.95 bits per heavy atom. The number of carboxylic acid groups (broad SMARTS) is 1. The van der Waals surface area contributed by atoms with E-state index < -0.39 is 5.97 Å². The average molecular weight is 287 g/mol. The third-order valence-electron chi connectivity index (χ3n) is 3.95. The molecule has 2 aliphatic heterocycles. The highest BCUT2D eigenvalue weighted by Gasteiger charge is 2.32. The van der Waals surface area contributed by atoms with Gasteiger partial charge in [0.1, 0.15) is 12.4 Å². The number of benzene rings is 1. The van der Waals surface area contributed by atoms with E-state index in [2.05, 4.69) is 0 Å². The third-order valence-corrected chi connectivity index (χ3v) is 3.95. The summed E-state index contributed by atoms with van der Waals surface area (Å²) < 4.78 is 5.60. The summed E-state index contributed by atoms with van der Waals surface area (Å²) in [7, 11) is 0. The molecule has 110 valence electrons. The van der Waals surface area contributed by atoms with Crippen molar-refractivity contribution in [1.82, 2.24) is 4.90 Å². The molecule has 1 aromatic carbocycles. The number of hydrogen-bond acceptors (Lipinski definition) is 3. The van der Waals surface area contributed by atoms with E-state index in [9.17, 15) is 9.59 Å². The lowest BCUT2D eigenvalue weighted by molar-refractivity contribution is -0.139. The highest BCUT2D eigenvalue weighted by atomic mass is 16.5. The zero-order valence-electron chi connectivity index (χ0n) is 11.6. The van der Waals surface area contributed by atoms with Crippen molar-refractivity contribution in [3.63, 3.8) is 0 Å². The number of likely N-dealkylation sites (tertiary alicyclic amines) is 1. The second-order valence-electron chi connectivity index (χ2n) is 5.39. The van der Waals surface area contributed by atoms with E-state index in [0.29, 0.717) is 12.1 Å². The Bertz CT molecular complexity index is 608. The molecule has 2 aliphatic rings. The number of rotatable bonds is 3. The minimum Gasteiger partial charge on any atom is -0.488 e. The smallest absolute Gasteiger partial charge is 0.305 e. The molecule has 1 N–H and O–H groups in total. The molecule has 1 saturated heterocycles. The number of carbonyl (C=O) groups is 2. The molecule has 5 heteroatoms. The van der Waals surface area contributed by atoms with Crippen LogP contribution in [0.3, 0.4) is 0 Å². The van der Waals surface area contributed by atoms with E-state index in [4.69, 9.17) is 9.84 Å². The van der Waals surface area contributed by atoms with E-state index in [1.54, 1.807) is 4.90 Å². The van der Waals surface area contributed by atoms with Gasteiger partial charge in [-0.1, -0.05) is 18.2 Å². The highest BCUT2D eigenvalue weighted by molar-refractivity contribution is 5.99. The highest BCUT2D eigenvalue weighted by Crippen LogP contribution is 2.28. The first-order chi connectivity index (χ1) is 10.1. The molecule has 1 atom stereocenters. The minimum absolute atomic E-state index is 0.0104. The van der Waals surface area contributed by atoms with Crippen molar-refractivity contribution in [1.29, 1.82) is 0 Å². The van der Waals surface area contributed by atoms with Crippen LogP contribution in [-0.4, -0.2) is 41.1 Å².